The number of hydrogen-bond donors (Lipinski definition) is 1. The van der Waals surface area contributed by atoms with Gasteiger partial charge in [0.25, 0.3) is 5.91 Å². The predicted molar refractivity (Wildman–Crippen MR) is 87.0 cm³/mol. The Morgan fingerprint density at radius 3 is 2.83 bits per heavy atom. The zero-order valence-corrected chi connectivity index (χ0v) is 13.5. The smallest absolute Gasteiger partial charge is 0.306 e. The molecule has 1 heterocycles. The lowest BCUT2D eigenvalue weighted by molar-refractivity contribution is -0.142. The molecule has 0 radical (unpaired) electrons. The number of anilines is 1. The van der Waals surface area contributed by atoms with E-state index in [-0.39, 0.29) is 30.9 Å². The van der Waals surface area contributed by atoms with Crippen LogP contribution >= 0.6 is 0 Å². The predicted octanol–water partition coefficient (Wildman–Crippen LogP) is 2.71. The van der Waals surface area contributed by atoms with E-state index in [2.05, 4.69) is 5.32 Å². The van der Waals surface area contributed by atoms with Crippen LogP contribution in [0.4, 0.5) is 5.69 Å². The number of hydrogen-bond acceptors (Lipinski definition) is 5. The van der Waals surface area contributed by atoms with E-state index in [1.807, 2.05) is 0 Å². The summed E-state index contributed by atoms with van der Waals surface area (Å²) in [5.74, 6) is 0.263. The van der Waals surface area contributed by atoms with Crippen molar-refractivity contribution in [3.63, 3.8) is 0 Å². The molecule has 24 heavy (non-hydrogen) atoms. The first-order chi connectivity index (χ1) is 11.6. The number of carbonyl (C=O) groups excluding carboxylic acids is 3. The molecule has 3 rings (SSSR count). The second-order valence-electron chi connectivity index (χ2n) is 6.32. The van der Waals surface area contributed by atoms with E-state index < -0.39 is 0 Å². The maximum atomic E-state index is 12.1. The number of nitrogens with one attached hydrogen (secondary N) is 1. The third kappa shape index (κ3) is 4.13. The minimum Gasteiger partial charge on any atom is -0.482 e. The van der Waals surface area contributed by atoms with Gasteiger partial charge in [0.15, 0.2) is 19.0 Å². The highest BCUT2D eigenvalue weighted by molar-refractivity contribution is 6.01. The molecule has 1 aromatic rings. The molecule has 0 spiro atoms. The summed E-state index contributed by atoms with van der Waals surface area (Å²) in [7, 11) is 0. The number of ketones is 1. The lowest BCUT2D eigenvalue weighted by Crippen LogP contribution is -2.25. The number of rotatable bonds is 6. The van der Waals surface area contributed by atoms with E-state index in [9.17, 15) is 14.4 Å². The van der Waals surface area contributed by atoms with Gasteiger partial charge in [-0.3, -0.25) is 14.4 Å². The van der Waals surface area contributed by atoms with Crippen LogP contribution in [0.1, 0.15) is 48.9 Å². The Labute approximate surface area is 140 Å². The highest BCUT2D eigenvalue weighted by Gasteiger charge is 2.19. The first-order valence-corrected chi connectivity index (χ1v) is 8.37. The van der Waals surface area contributed by atoms with Gasteiger partial charge >= 0.3 is 5.97 Å². The van der Waals surface area contributed by atoms with Crippen molar-refractivity contribution in [3.05, 3.63) is 23.8 Å². The monoisotopic (exact) mass is 331 g/mol. The zero-order chi connectivity index (χ0) is 16.9. The van der Waals surface area contributed by atoms with E-state index in [1.54, 1.807) is 18.2 Å². The van der Waals surface area contributed by atoms with E-state index >= 15 is 0 Å². The van der Waals surface area contributed by atoms with Gasteiger partial charge in [0.1, 0.15) is 5.75 Å². The lowest BCUT2D eigenvalue weighted by atomic mass is 10.0. The molecule has 0 unspecified atom stereocenters. The average Bonchev–Trinajstić information content (AvgIpc) is 3.10. The van der Waals surface area contributed by atoms with Gasteiger partial charge < -0.3 is 14.8 Å². The Morgan fingerprint density at radius 1 is 1.25 bits per heavy atom. The van der Waals surface area contributed by atoms with Crippen LogP contribution in [-0.2, 0) is 14.3 Å². The van der Waals surface area contributed by atoms with Gasteiger partial charge in [0.2, 0.25) is 0 Å². The minimum absolute atomic E-state index is 0.0289. The van der Waals surface area contributed by atoms with Crippen molar-refractivity contribution in [2.45, 2.75) is 38.5 Å². The third-order valence-corrected chi connectivity index (χ3v) is 4.53. The second kappa shape index (κ2) is 7.47. The van der Waals surface area contributed by atoms with Gasteiger partial charge in [-0.15, -0.1) is 0 Å². The standard InChI is InChI=1S/C18H21NO5/c20-15(10-24-18(22)8-5-12-3-1-2-4-12)13-6-7-16-14(9-13)19-17(21)11-23-16/h6-7,9,12H,1-5,8,10-11H2,(H,19,21). The third-order valence-electron chi connectivity index (χ3n) is 4.53. The molecule has 0 atom stereocenters. The Balaban J connectivity index is 1.48. The minimum atomic E-state index is -0.329. The van der Waals surface area contributed by atoms with Crippen LogP contribution in [0, 0.1) is 5.92 Å². The van der Waals surface area contributed by atoms with Crippen LogP contribution in [0.2, 0.25) is 0 Å². The molecule has 1 aliphatic heterocycles. The van der Waals surface area contributed by atoms with Crippen molar-refractivity contribution in [3.8, 4) is 5.75 Å². The Kier molecular flexibility index (Phi) is 5.13. The molecule has 1 N–H and O–H groups in total. The number of esters is 1. The molecule has 2 aliphatic rings. The van der Waals surface area contributed by atoms with E-state index in [1.165, 1.54) is 25.7 Å². The number of ether oxygens (including phenoxy) is 2. The fourth-order valence-electron chi connectivity index (χ4n) is 3.18. The highest BCUT2D eigenvalue weighted by atomic mass is 16.5. The molecule has 0 bridgehead atoms. The number of fused-ring (bicyclic) bond motifs is 1. The summed E-state index contributed by atoms with van der Waals surface area (Å²) in [5, 5.41) is 2.65. The first-order valence-electron chi connectivity index (χ1n) is 8.37. The molecule has 1 amide bonds. The number of Topliss-reactive ketones (excluding diaryl/α,β-unsaturated/α-hetero) is 1. The normalized spacial score (nSPS) is 16.9. The molecule has 0 aromatic heterocycles. The number of amides is 1. The molecule has 128 valence electrons. The van der Waals surface area contributed by atoms with Crippen molar-refractivity contribution in [1.82, 2.24) is 0 Å². The number of carbonyl (C=O) groups is 3. The summed E-state index contributed by atoms with van der Waals surface area (Å²) in [4.78, 5) is 35.2. The van der Waals surface area contributed by atoms with E-state index in [0.717, 1.165) is 6.42 Å². The van der Waals surface area contributed by atoms with Gasteiger partial charge in [-0.1, -0.05) is 25.7 Å². The first kappa shape index (κ1) is 16.5. The van der Waals surface area contributed by atoms with Gasteiger partial charge in [0.05, 0.1) is 5.69 Å². The van der Waals surface area contributed by atoms with Crippen LogP contribution in [-0.4, -0.2) is 30.9 Å². The average molecular weight is 331 g/mol. The van der Waals surface area contributed by atoms with Crippen LogP contribution in [0.5, 0.6) is 5.75 Å². The summed E-state index contributed by atoms with van der Waals surface area (Å²) < 4.78 is 10.3. The van der Waals surface area contributed by atoms with Crippen LogP contribution in [0.3, 0.4) is 0 Å². The number of benzene rings is 1. The quantitative estimate of drug-likeness (QED) is 0.640. The largest absolute Gasteiger partial charge is 0.482 e. The fourth-order valence-corrected chi connectivity index (χ4v) is 3.18. The summed E-state index contributed by atoms with van der Waals surface area (Å²) in [6.07, 6.45) is 6.08. The molecule has 0 saturated heterocycles. The topological polar surface area (TPSA) is 81.7 Å². The van der Waals surface area contributed by atoms with Gasteiger partial charge in [-0.2, -0.15) is 0 Å². The Hall–Kier alpha value is -2.37. The van der Waals surface area contributed by atoms with Crippen molar-refractivity contribution in [2.24, 2.45) is 5.92 Å². The van der Waals surface area contributed by atoms with Crippen molar-refractivity contribution in [2.75, 3.05) is 18.5 Å². The van der Waals surface area contributed by atoms with Crippen molar-refractivity contribution >= 4 is 23.3 Å². The van der Waals surface area contributed by atoms with Crippen molar-refractivity contribution in [1.29, 1.82) is 0 Å². The molecular weight excluding hydrogens is 310 g/mol. The van der Waals surface area contributed by atoms with Gasteiger partial charge in [0, 0.05) is 12.0 Å². The summed E-state index contributed by atoms with van der Waals surface area (Å²) in [6, 6.07) is 4.77. The second-order valence-corrected chi connectivity index (χ2v) is 6.32. The Bertz CT molecular complexity index is 649. The molecular formula is C18H21NO5. The van der Waals surface area contributed by atoms with E-state index in [4.69, 9.17) is 9.47 Å². The van der Waals surface area contributed by atoms with Crippen molar-refractivity contribution < 1.29 is 23.9 Å². The summed E-state index contributed by atoms with van der Waals surface area (Å²) in [6.45, 7) is -0.310. The molecule has 1 saturated carbocycles. The highest BCUT2D eigenvalue weighted by Crippen LogP contribution is 2.29. The summed E-state index contributed by atoms with van der Waals surface area (Å²) >= 11 is 0. The summed E-state index contributed by atoms with van der Waals surface area (Å²) in [5.41, 5.74) is 0.841. The van der Waals surface area contributed by atoms with Crippen LogP contribution in [0.15, 0.2) is 18.2 Å². The van der Waals surface area contributed by atoms with Gasteiger partial charge in [-0.05, 0) is 30.5 Å². The molecule has 1 aromatic carbocycles. The maximum Gasteiger partial charge on any atom is 0.306 e. The zero-order valence-electron chi connectivity index (χ0n) is 13.5. The molecule has 6 nitrogen and oxygen atoms in total. The fraction of sp³-hybridized carbons (Fsp3) is 0.500. The van der Waals surface area contributed by atoms with Crippen LogP contribution < -0.4 is 10.1 Å². The molecule has 1 fully saturated rings. The van der Waals surface area contributed by atoms with E-state index in [0.29, 0.717) is 29.3 Å². The molecule has 1 aliphatic carbocycles. The Morgan fingerprint density at radius 2 is 2.04 bits per heavy atom. The molecule has 6 heteroatoms. The SMILES string of the molecule is O=C1COc2ccc(C(=O)COC(=O)CCC3CCCC3)cc2N1. The maximum absolute atomic E-state index is 12.1. The van der Waals surface area contributed by atoms with Gasteiger partial charge in [-0.25, -0.2) is 0 Å². The van der Waals surface area contributed by atoms with Crippen LogP contribution in [0.25, 0.3) is 0 Å². The lowest BCUT2D eigenvalue weighted by Gasteiger charge is -2.18.